The van der Waals surface area contributed by atoms with Gasteiger partial charge >= 0.3 is 0 Å². The smallest absolute Gasteiger partial charge is 0.263 e. The Hall–Kier alpha value is -2.15. The van der Waals surface area contributed by atoms with Crippen molar-refractivity contribution < 1.29 is 9.13 Å². The molecule has 0 radical (unpaired) electrons. The molecule has 27 heavy (non-hydrogen) atoms. The average molecular weight is 372 g/mol. The van der Waals surface area contributed by atoms with Crippen LogP contribution in [0.2, 0.25) is 0 Å². The summed E-state index contributed by atoms with van der Waals surface area (Å²) >= 11 is 0. The molecular formula is C20H25FN4O2. The first-order valence-electron chi connectivity index (χ1n) is 9.99. The highest BCUT2D eigenvalue weighted by atomic mass is 19.1. The Bertz CT molecular complexity index is 899. The van der Waals surface area contributed by atoms with Crippen molar-refractivity contribution in [3.63, 3.8) is 0 Å². The molecule has 0 bridgehead atoms. The molecule has 6 nitrogen and oxygen atoms in total. The fourth-order valence-corrected chi connectivity index (χ4v) is 4.22. The summed E-state index contributed by atoms with van der Waals surface area (Å²) in [6, 6.07) is 2.97. The van der Waals surface area contributed by atoms with Gasteiger partial charge in [-0.05, 0) is 56.5 Å². The summed E-state index contributed by atoms with van der Waals surface area (Å²) in [5, 5.41) is 3.41. The third-order valence-electron chi connectivity index (χ3n) is 6.16. The number of fused-ring (bicyclic) bond motifs is 1. The van der Waals surface area contributed by atoms with Gasteiger partial charge in [0.05, 0.1) is 12.1 Å². The van der Waals surface area contributed by atoms with Crippen molar-refractivity contribution in [3.05, 3.63) is 28.3 Å². The Morgan fingerprint density at radius 1 is 1.15 bits per heavy atom. The lowest BCUT2D eigenvalue weighted by Gasteiger charge is -2.45. The highest BCUT2D eigenvalue weighted by Gasteiger charge is 2.35. The van der Waals surface area contributed by atoms with E-state index >= 15 is 0 Å². The van der Waals surface area contributed by atoms with Crippen molar-refractivity contribution >= 4 is 16.9 Å². The van der Waals surface area contributed by atoms with Gasteiger partial charge in [-0.15, -0.1) is 0 Å². The maximum absolute atomic E-state index is 14.4. The van der Waals surface area contributed by atoms with Crippen LogP contribution in [0.4, 0.5) is 10.3 Å². The quantitative estimate of drug-likeness (QED) is 0.843. The van der Waals surface area contributed by atoms with Crippen LogP contribution < -0.4 is 20.5 Å². The normalized spacial score (nSPS) is 21.4. The molecule has 3 aliphatic rings. The lowest BCUT2D eigenvalue weighted by Crippen LogP contribution is -2.52. The molecule has 1 aromatic heterocycles. The Morgan fingerprint density at radius 3 is 2.67 bits per heavy atom. The van der Waals surface area contributed by atoms with Gasteiger partial charge in [-0.3, -0.25) is 9.78 Å². The first kappa shape index (κ1) is 17.0. The zero-order valence-electron chi connectivity index (χ0n) is 15.3. The summed E-state index contributed by atoms with van der Waals surface area (Å²) in [6.45, 7) is 4.59. The van der Waals surface area contributed by atoms with Crippen LogP contribution in [0, 0.1) is 23.6 Å². The van der Waals surface area contributed by atoms with E-state index in [4.69, 9.17) is 4.74 Å². The summed E-state index contributed by atoms with van der Waals surface area (Å²) in [5.41, 5.74) is -0.0589. The van der Waals surface area contributed by atoms with Gasteiger partial charge in [0.2, 0.25) is 5.95 Å². The van der Waals surface area contributed by atoms with E-state index in [0.29, 0.717) is 35.7 Å². The second-order valence-electron chi connectivity index (χ2n) is 8.20. The number of nitrogens with one attached hydrogen (secondary N) is 2. The number of hydrogen-bond donors (Lipinski definition) is 2. The average Bonchev–Trinajstić information content (AvgIpc) is 3.43. The van der Waals surface area contributed by atoms with Crippen molar-refractivity contribution in [2.45, 2.75) is 25.7 Å². The summed E-state index contributed by atoms with van der Waals surface area (Å²) < 4.78 is 20.1. The number of ether oxygens (including phenoxy) is 1. The second-order valence-corrected chi connectivity index (χ2v) is 8.20. The predicted octanol–water partition coefficient (Wildman–Crippen LogP) is 2.29. The maximum Gasteiger partial charge on any atom is 0.263 e. The zero-order chi connectivity index (χ0) is 18.4. The van der Waals surface area contributed by atoms with Gasteiger partial charge in [-0.25, -0.2) is 9.37 Å². The van der Waals surface area contributed by atoms with Crippen LogP contribution in [-0.2, 0) is 0 Å². The van der Waals surface area contributed by atoms with E-state index in [-0.39, 0.29) is 5.39 Å². The van der Waals surface area contributed by atoms with Crippen LogP contribution in [0.3, 0.4) is 0 Å². The molecule has 3 heterocycles. The minimum absolute atomic E-state index is 0.00736. The van der Waals surface area contributed by atoms with E-state index in [2.05, 4.69) is 20.2 Å². The largest absolute Gasteiger partial charge is 0.493 e. The maximum atomic E-state index is 14.4. The Kier molecular flexibility index (Phi) is 4.27. The number of nitrogens with zero attached hydrogens (tertiary/aromatic N) is 2. The molecular weight excluding hydrogens is 347 g/mol. The van der Waals surface area contributed by atoms with Crippen molar-refractivity contribution in [2.24, 2.45) is 17.8 Å². The van der Waals surface area contributed by atoms with Crippen LogP contribution in [-0.4, -0.2) is 42.8 Å². The first-order chi connectivity index (χ1) is 13.2. The fraction of sp³-hybridized carbons (Fsp3) is 0.600. The van der Waals surface area contributed by atoms with Gasteiger partial charge in [0.1, 0.15) is 17.0 Å². The summed E-state index contributed by atoms with van der Waals surface area (Å²) in [7, 11) is 0. The van der Waals surface area contributed by atoms with Gasteiger partial charge in [0, 0.05) is 25.2 Å². The van der Waals surface area contributed by atoms with E-state index in [1.54, 1.807) is 6.07 Å². The molecule has 0 amide bonds. The molecule has 5 rings (SSSR count). The molecule has 0 spiro atoms. The lowest BCUT2D eigenvalue weighted by molar-refractivity contribution is 0.217. The van der Waals surface area contributed by atoms with E-state index in [9.17, 15) is 9.18 Å². The van der Waals surface area contributed by atoms with E-state index in [1.165, 1.54) is 31.7 Å². The van der Waals surface area contributed by atoms with Crippen molar-refractivity contribution in [2.75, 3.05) is 37.7 Å². The molecule has 2 aliphatic heterocycles. The molecule has 2 N–H and O–H groups in total. The van der Waals surface area contributed by atoms with Crippen LogP contribution in [0.1, 0.15) is 25.7 Å². The van der Waals surface area contributed by atoms with Crippen LogP contribution in [0.5, 0.6) is 5.75 Å². The van der Waals surface area contributed by atoms with Crippen molar-refractivity contribution in [3.8, 4) is 5.75 Å². The van der Waals surface area contributed by atoms with Crippen LogP contribution in [0.15, 0.2) is 16.9 Å². The molecule has 1 saturated carbocycles. The number of H-pyrrole nitrogens is 1. The van der Waals surface area contributed by atoms with E-state index in [1.807, 2.05) is 0 Å². The molecule has 7 heteroatoms. The number of rotatable bonds is 5. The van der Waals surface area contributed by atoms with Gasteiger partial charge in [-0.2, -0.15) is 0 Å². The summed E-state index contributed by atoms with van der Waals surface area (Å²) in [5.74, 6) is 2.39. The van der Waals surface area contributed by atoms with Crippen LogP contribution in [0.25, 0.3) is 10.9 Å². The van der Waals surface area contributed by atoms with Gasteiger partial charge in [0.15, 0.2) is 0 Å². The minimum Gasteiger partial charge on any atom is -0.493 e. The molecule has 144 valence electrons. The minimum atomic E-state index is -0.574. The van der Waals surface area contributed by atoms with Gasteiger partial charge in [-0.1, -0.05) is 0 Å². The molecule has 1 aliphatic carbocycles. The molecule has 0 atom stereocenters. The number of hydrogen-bond acceptors (Lipinski definition) is 5. The monoisotopic (exact) mass is 372 g/mol. The number of anilines is 1. The number of benzene rings is 1. The lowest BCUT2D eigenvalue weighted by atomic mass is 9.80. The van der Waals surface area contributed by atoms with Crippen molar-refractivity contribution in [1.29, 1.82) is 0 Å². The Labute approximate surface area is 157 Å². The molecule has 2 saturated heterocycles. The number of piperidine rings is 1. The third kappa shape index (κ3) is 3.40. The summed E-state index contributed by atoms with van der Waals surface area (Å²) in [4.78, 5) is 21.8. The highest BCUT2D eigenvalue weighted by Crippen LogP contribution is 2.33. The zero-order valence-corrected chi connectivity index (χ0v) is 15.3. The third-order valence-corrected chi connectivity index (χ3v) is 6.16. The Morgan fingerprint density at radius 2 is 1.93 bits per heavy atom. The molecule has 1 aromatic carbocycles. The SMILES string of the molecule is O=c1[nH]c(N2CC(C3CCNCC3)C2)nc2cc(OCC3CC3)cc(F)c12. The standard InChI is InChI=1S/C20H25FN4O2/c21-16-7-15(27-11-12-1-2-12)8-17-18(16)19(26)24-20(23-17)25-9-14(10-25)13-3-5-22-6-4-13/h7-8,12-14,22H,1-6,9-11H2,(H,23,24,26). The highest BCUT2D eigenvalue weighted by molar-refractivity contribution is 5.81. The van der Waals surface area contributed by atoms with Crippen LogP contribution >= 0.6 is 0 Å². The van der Waals surface area contributed by atoms with Gasteiger partial charge < -0.3 is 15.0 Å². The van der Waals surface area contributed by atoms with E-state index < -0.39 is 11.4 Å². The number of aromatic nitrogens is 2. The predicted molar refractivity (Wildman–Crippen MR) is 102 cm³/mol. The number of halogens is 1. The van der Waals surface area contributed by atoms with Crippen molar-refractivity contribution in [1.82, 2.24) is 15.3 Å². The molecule has 2 aromatic rings. The van der Waals surface area contributed by atoms with Gasteiger partial charge in [0.25, 0.3) is 5.56 Å². The number of aromatic amines is 1. The molecule has 0 unspecified atom stereocenters. The Balaban J connectivity index is 1.36. The topological polar surface area (TPSA) is 70.2 Å². The second kappa shape index (κ2) is 6.78. The summed E-state index contributed by atoms with van der Waals surface area (Å²) in [6.07, 6.45) is 4.77. The van der Waals surface area contributed by atoms with E-state index in [0.717, 1.165) is 32.1 Å². The molecule has 3 fully saturated rings. The first-order valence-corrected chi connectivity index (χ1v) is 9.99. The fourth-order valence-electron chi connectivity index (χ4n) is 4.22.